The minimum atomic E-state index is 0.315. The van der Waals surface area contributed by atoms with Gasteiger partial charge in [-0.15, -0.1) is 0 Å². The first kappa shape index (κ1) is 19.4. The fourth-order valence-electron chi connectivity index (χ4n) is 3.73. The highest BCUT2D eigenvalue weighted by atomic mass is 32.1. The van der Waals surface area contributed by atoms with Gasteiger partial charge in [0.05, 0.1) is 13.2 Å². The van der Waals surface area contributed by atoms with Crippen LogP contribution in [0.5, 0.6) is 5.75 Å². The summed E-state index contributed by atoms with van der Waals surface area (Å²) in [5.74, 6) is 0.877. The summed E-state index contributed by atoms with van der Waals surface area (Å²) in [6, 6.07) is 8.64. The topological polar surface area (TPSA) is 37.0 Å². The van der Waals surface area contributed by atoms with Crippen molar-refractivity contribution >= 4 is 17.3 Å². The highest BCUT2D eigenvalue weighted by molar-refractivity contribution is 7.80. The lowest BCUT2D eigenvalue weighted by atomic mass is 10.0. The van der Waals surface area contributed by atoms with E-state index in [0.717, 1.165) is 69.3 Å². The van der Waals surface area contributed by atoms with E-state index in [-0.39, 0.29) is 0 Å². The Morgan fingerprint density at radius 1 is 1.27 bits per heavy atom. The number of hydrogen-bond donors (Lipinski definition) is 1. The zero-order valence-corrected chi connectivity index (χ0v) is 16.8. The Kier molecular flexibility index (Phi) is 7.11. The van der Waals surface area contributed by atoms with E-state index >= 15 is 0 Å². The first-order chi connectivity index (χ1) is 12.7. The Morgan fingerprint density at radius 2 is 2.00 bits per heavy atom. The molecule has 2 heterocycles. The van der Waals surface area contributed by atoms with Gasteiger partial charge in [-0.25, -0.2) is 0 Å². The van der Waals surface area contributed by atoms with Crippen LogP contribution in [0, 0.1) is 0 Å². The van der Waals surface area contributed by atoms with E-state index in [1.54, 1.807) is 7.11 Å². The molecule has 0 radical (unpaired) electrons. The first-order valence-corrected chi connectivity index (χ1v) is 10.0. The van der Waals surface area contributed by atoms with E-state index < -0.39 is 0 Å². The standard InChI is InChI=1S/C20H31N3O2S/c1-22-11-9-17(10-12-22)23(15-19-4-3-13-25-19)20(26)21-14-16-5-7-18(24-2)8-6-16/h5-8,17,19H,3-4,9-15H2,1-2H3,(H,21,26). The van der Waals surface area contributed by atoms with Crippen LogP contribution in [0.1, 0.15) is 31.2 Å². The van der Waals surface area contributed by atoms with Gasteiger partial charge in [0.1, 0.15) is 5.75 Å². The van der Waals surface area contributed by atoms with E-state index in [0.29, 0.717) is 12.1 Å². The largest absolute Gasteiger partial charge is 0.497 e. The highest BCUT2D eigenvalue weighted by Gasteiger charge is 2.28. The fourth-order valence-corrected chi connectivity index (χ4v) is 4.03. The smallest absolute Gasteiger partial charge is 0.169 e. The Labute approximate surface area is 162 Å². The molecule has 1 unspecified atom stereocenters. The van der Waals surface area contributed by atoms with Gasteiger partial charge in [-0.05, 0) is 75.7 Å². The zero-order valence-electron chi connectivity index (χ0n) is 15.9. The summed E-state index contributed by atoms with van der Waals surface area (Å²) in [7, 11) is 3.88. The maximum atomic E-state index is 5.88. The summed E-state index contributed by atoms with van der Waals surface area (Å²) in [6.07, 6.45) is 4.94. The van der Waals surface area contributed by atoms with Crippen LogP contribution in [-0.2, 0) is 11.3 Å². The zero-order chi connectivity index (χ0) is 18.4. The number of likely N-dealkylation sites (tertiary alicyclic amines) is 1. The molecule has 1 N–H and O–H groups in total. The molecule has 2 saturated heterocycles. The van der Waals surface area contributed by atoms with Crippen molar-refractivity contribution < 1.29 is 9.47 Å². The van der Waals surface area contributed by atoms with Crippen LogP contribution in [0.2, 0.25) is 0 Å². The molecule has 2 fully saturated rings. The van der Waals surface area contributed by atoms with Crippen LogP contribution in [-0.4, -0.2) is 67.5 Å². The van der Waals surface area contributed by atoms with Gasteiger partial charge < -0.3 is 24.6 Å². The van der Waals surface area contributed by atoms with E-state index in [1.807, 2.05) is 12.1 Å². The molecule has 3 rings (SSSR count). The Bertz CT molecular complexity index is 567. The third kappa shape index (κ3) is 5.32. The number of benzene rings is 1. The molecule has 2 aliphatic heterocycles. The molecule has 1 aromatic rings. The monoisotopic (exact) mass is 377 g/mol. The average molecular weight is 378 g/mol. The molecule has 26 heavy (non-hydrogen) atoms. The van der Waals surface area contributed by atoms with Crippen molar-refractivity contribution in [3.63, 3.8) is 0 Å². The van der Waals surface area contributed by atoms with Crippen LogP contribution in [0.3, 0.4) is 0 Å². The maximum Gasteiger partial charge on any atom is 0.169 e. The minimum Gasteiger partial charge on any atom is -0.497 e. The number of thiocarbonyl (C=S) groups is 1. The molecule has 5 nitrogen and oxygen atoms in total. The minimum absolute atomic E-state index is 0.315. The number of nitrogens with zero attached hydrogens (tertiary/aromatic N) is 2. The van der Waals surface area contributed by atoms with Crippen molar-refractivity contribution in [1.82, 2.24) is 15.1 Å². The lowest BCUT2D eigenvalue weighted by Gasteiger charge is -2.40. The number of rotatable bonds is 6. The van der Waals surface area contributed by atoms with Crippen molar-refractivity contribution in [1.29, 1.82) is 0 Å². The van der Waals surface area contributed by atoms with Crippen LogP contribution in [0.25, 0.3) is 0 Å². The van der Waals surface area contributed by atoms with E-state index in [1.165, 1.54) is 5.56 Å². The molecule has 0 saturated carbocycles. The summed E-state index contributed by atoms with van der Waals surface area (Å²) >= 11 is 5.79. The Balaban J connectivity index is 1.59. The number of piperidine rings is 1. The van der Waals surface area contributed by atoms with Gasteiger partial charge in [-0.3, -0.25) is 0 Å². The van der Waals surface area contributed by atoms with Crippen molar-refractivity contribution in [3.8, 4) is 5.75 Å². The van der Waals surface area contributed by atoms with E-state index in [9.17, 15) is 0 Å². The van der Waals surface area contributed by atoms with Gasteiger partial charge in [0.15, 0.2) is 5.11 Å². The molecule has 0 aromatic heterocycles. The molecular weight excluding hydrogens is 346 g/mol. The predicted octanol–water partition coefficient (Wildman–Crippen LogP) is 2.64. The molecule has 0 spiro atoms. The first-order valence-electron chi connectivity index (χ1n) is 9.63. The third-order valence-corrected chi connectivity index (χ3v) is 5.80. The number of nitrogens with one attached hydrogen (secondary N) is 1. The molecule has 0 bridgehead atoms. The van der Waals surface area contributed by atoms with Gasteiger partial charge >= 0.3 is 0 Å². The van der Waals surface area contributed by atoms with Crippen molar-refractivity contribution in [2.45, 2.75) is 44.4 Å². The van der Waals surface area contributed by atoms with Crippen LogP contribution < -0.4 is 10.1 Å². The van der Waals surface area contributed by atoms with Gasteiger partial charge in [0, 0.05) is 25.7 Å². The van der Waals surface area contributed by atoms with Crippen LogP contribution >= 0.6 is 12.2 Å². The van der Waals surface area contributed by atoms with Gasteiger partial charge in [-0.2, -0.15) is 0 Å². The summed E-state index contributed by atoms with van der Waals surface area (Å²) in [4.78, 5) is 4.79. The highest BCUT2D eigenvalue weighted by Crippen LogP contribution is 2.20. The van der Waals surface area contributed by atoms with Gasteiger partial charge in [-0.1, -0.05) is 12.1 Å². The Hall–Kier alpha value is -1.37. The van der Waals surface area contributed by atoms with E-state index in [2.05, 4.69) is 34.3 Å². The summed E-state index contributed by atoms with van der Waals surface area (Å²) in [5.41, 5.74) is 1.20. The molecule has 0 amide bonds. The maximum absolute atomic E-state index is 5.88. The molecule has 0 aliphatic carbocycles. The average Bonchev–Trinajstić information content (AvgIpc) is 3.19. The lowest BCUT2D eigenvalue weighted by molar-refractivity contribution is 0.0712. The fraction of sp³-hybridized carbons (Fsp3) is 0.650. The summed E-state index contributed by atoms with van der Waals surface area (Å²) in [5, 5.41) is 4.32. The van der Waals surface area contributed by atoms with Crippen molar-refractivity contribution in [3.05, 3.63) is 29.8 Å². The normalized spacial score (nSPS) is 21.5. The second-order valence-electron chi connectivity index (χ2n) is 7.33. The van der Waals surface area contributed by atoms with Crippen molar-refractivity contribution in [2.75, 3.05) is 40.4 Å². The number of ether oxygens (including phenoxy) is 2. The molecular formula is C20H31N3O2S. The van der Waals surface area contributed by atoms with Crippen LogP contribution in [0.4, 0.5) is 0 Å². The molecule has 144 valence electrons. The third-order valence-electron chi connectivity index (χ3n) is 5.42. The molecule has 6 heteroatoms. The number of methoxy groups -OCH3 is 1. The molecule has 1 atom stereocenters. The second-order valence-corrected chi connectivity index (χ2v) is 7.72. The summed E-state index contributed by atoms with van der Waals surface area (Å²) in [6.45, 7) is 4.79. The van der Waals surface area contributed by atoms with Crippen LogP contribution in [0.15, 0.2) is 24.3 Å². The quantitative estimate of drug-likeness (QED) is 0.768. The SMILES string of the molecule is COc1ccc(CNC(=S)N(CC2CCCO2)C2CCN(C)CC2)cc1. The van der Waals surface area contributed by atoms with E-state index in [4.69, 9.17) is 21.7 Å². The molecule has 1 aromatic carbocycles. The van der Waals surface area contributed by atoms with Gasteiger partial charge in [0.2, 0.25) is 0 Å². The van der Waals surface area contributed by atoms with Gasteiger partial charge in [0.25, 0.3) is 0 Å². The summed E-state index contributed by atoms with van der Waals surface area (Å²) < 4.78 is 11.1. The Morgan fingerprint density at radius 3 is 2.62 bits per heavy atom. The second kappa shape index (κ2) is 9.53. The predicted molar refractivity (Wildman–Crippen MR) is 109 cm³/mol. The number of hydrogen-bond acceptors (Lipinski definition) is 4. The lowest BCUT2D eigenvalue weighted by Crippen LogP contribution is -2.52. The molecule has 2 aliphatic rings. The van der Waals surface area contributed by atoms with Crippen molar-refractivity contribution in [2.24, 2.45) is 0 Å².